The lowest BCUT2D eigenvalue weighted by Gasteiger charge is -2.27. The number of aliphatic imine (C=N–C) groups is 1. The van der Waals surface area contributed by atoms with Gasteiger partial charge in [-0.15, -0.1) is 0 Å². The van der Waals surface area contributed by atoms with Crippen LogP contribution in [0.15, 0.2) is 29.3 Å². The summed E-state index contributed by atoms with van der Waals surface area (Å²) in [6.07, 6.45) is 0.803. The number of hydrogen-bond donors (Lipinski definition) is 2. The molecule has 0 radical (unpaired) electrons. The molecule has 0 aromatic heterocycles. The van der Waals surface area contributed by atoms with Crippen LogP contribution in [0.4, 0.5) is 0 Å². The zero-order valence-electron chi connectivity index (χ0n) is 10.4. The van der Waals surface area contributed by atoms with Crippen molar-refractivity contribution in [3.05, 3.63) is 29.8 Å². The van der Waals surface area contributed by atoms with Gasteiger partial charge in [0.25, 0.3) is 0 Å². The molecule has 1 heterocycles. The van der Waals surface area contributed by atoms with Gasteiger partial charge in [-0.2, -0.15) is 11.8 Å². The Morgan fingerprint density at radius 3 is 2.89 bits per heavy atom. The lowest BCUT2D eigenvalue weighted by molar-refractivity contribution is 0.456. The molecule has 0 amide bonds. The largest absolute Gasteiger partial charge is 0.508 e. The van der Waals surface area contributed by atoms with Crippen LogP contribution in [-0.4, -0.2) is 47.1 Å². The standard InChI is InChI=1S/C13H19N3OS/c14-13(16-6-8-18-9-7-16)15-5-4-11-2-1-3-12(17)10-11/h1-3,10,17H,4-9H2,(H2,14,15). The van der Waals surface area contributed by atoms with Gasteiger partial charge in [-0.25, -0.2) is 0 Å². The Hall–Kier alpha value is -1.36. The molecule has 1 aliphatic rings. The van der Waals surface area contributed by atoms with Crippen molar-refractivity contribution in [3.8, 4) is 5.75 Å². The fraction of sp³-hybridized carbons (Fsp3) is 0.462. The van der Waals surface area contributed by atoms with Gasteiger partial charge >= 0.3 is 0 Å². The van der Waals surface area contributed by atoms with E-state index in [0.717, 1.165) is 36.6 Å². The molecule has 0 bridgehead atoms. The second-order valence-corrected chi connectivity index (χ2v) is 5.48. The summed E-state index contributed by atoms with van der Waals surface area (Å²) >= 11 is 1.96. The van der Waals surface area contributed by atoms with E-state index >= 15 is 0 Å². The summed E-state index contributed by atoms with van der Waals surface area (Å²) in [5, 5.41) is 9.35. The maximum atomic E-state index is 9.35. The number of rotatable bonds is 3. The number of benzene rings is 1. The first-order valence-electron chi connectivity index (χ1n) is 6.16. The van der Waals surface area contributed by atoms with Crippen LogP contribution >= 0.6 is 11.8 Å². The third-order valence-corrected chi connectivity index (χ3v) is 3.86. The summed E-state index contributed by atoms with van der Waals surface area (Å²) in [5.41, 5.74) is 7.04. The summed E-state index contributed by atoms with van der Waals surface area (Å²) in [7, 11) is 0. The van der Waals surface area contributed by atoms with E-state index in [9.17, 15) is 5.11 Å². The number of nitrogens with two attached hydrogens (primary N) is 1. The molecule has 1 aliphatic heterocycles. The predicted octanol–water partition coefficient (Wildman–Crippen LogP) is 1.30. The van der Waals surface area contributed by atoms with E-state index in [1.165, 1.54) is 0 Å². The highest BCUT2D eigenvalue weighted by atomic mass is 32.2. The van der Waals surface area contributed by atoms with Gasteiger partial charge in [0.2, 0.25) is 0 Å². The number of phenolic OH excluding ortho intramolecular Hbond substituents is 1. The Bertz CT molecular complexity index is 416. The highest BCUT2D eigenvalue weighted by Crippen LogP contribution is 2.11. The van der Waals surface area contributed by atoms with E-state index in [1.807, 2.05) is 23.9 Å². The molecule has 0 saturated carbocycles. The molecule has 18 heavy (non-hydrogen) atoms. The van der Waals surface area contributed by atoms with Crippen molar-refractivity contribution < 1.29 is 5.11 Å². The molecule has 0 unspecified atom stereocenters. The molecule has 98 valence electrons. The maximum absolute atomic E-state index is 9.35. The van der Waals surface area contributed by atoms with Crippen LogP contribution in [-0.2, 0) is 6.42 Å². The van der Waals surface area contributed by atoms with Crippen molar-refractivity contribution in [2.24, 2.45) is 10.7 Å². The fourth-order valence-corrected chi connectivity index (χ4v) is 2.81. The first-order chi connectivity index (χ1) is 8.75. The van der Waals surface area contributed by atoms with Crippen molar-refractivity contribution in [2.45, 2.75) is 6.42 Å². The maximum Gasteiger partial charge on any atom is 0.191 e. The molecule has 1 aromatic carbocycles. The summed E-state index contributed by atoms with van der Waals surface area (Å²) in [6.45, 7) is 2.65. The topological polar surface area (TPSA) is 61.9 Å². The third-order valence-electron chi connectivity index (χ3n) is 2.92. The van der Waals surface area contributed by atoms with E-state index in [-0.39, 0.29) is 0 Å². The normalized spacial score (nSPS) is 16.9. The van der Waals surface area contributed by atoms with Gasteiger partial charge in [-0.05, 0) is 24.1 Å². The zero-order chi connectivity index (χ0) is 12.8. The summed E-state index contributed by atoms with van der Waals surface area (Å²) in [4.78, 5) is 6.54. The molecule has 1 fully saturated rings. The van der Waals surface area contributed by atoms with Crippen molar-refractivity contribution in [3.63, 3.8) is 0 Å². The highest BCUT2D eigenvalue weighted by molar-refractivity contribution is 7.99. The molecule has 0 atom stereocenters. The first kappa shape index (κ1) is 13.1. The van der Waals surface area contributed by atoms with Crippen LogP contribution in [0.2, 0.25) is 0 Å². The number of hydrogen-bond acceptors (Lipinski definition) is 3. The molecule has 1 saturated heterocycles. The average molecular weight is 265 g/mol. The van der Waals surface area contributed by atoms with E-state index in [1.54, 1.807) is 12.1 Å². The van der Waals surface area contributed by atoms with Gasteiger partial charge in [0.05, 0.1) is 0 Å². The second-order valence-electron chi connectivity index (χ2n) is 4.26. The molecule has 3 N–H and O–H groups in total. The van der Waals surface area contributed by atoms with Crippen LogP contribution < -0.4 is 5.73 Å². The van der Waals surface area contributed by atoms with Crippen LogP contribution in [0.25, 0.3) is 0 Å². The van der Waals surface area contributed by atoms with E-state index in [4.69, 9.17) is 5.73 Å². The number of thioether (sulfide) groups is 1. The third kappa shape index (κ3) is 3.84. The second kappa shape index (κ2) is 6.54. The summed E-state index contributed by atoms with van der Waals surface area (Å²) in [5.74, 6) is 3.21. The molecular formula is C13H19N3OS. The zero-order valence-corrected chi connectivity index (χ0v) is 11.2. The Morgan fingerprint density at radius 1 is 1.39 bits per heavy atom. The Balaban J connectivity index is 1.83. The quantitative estimate of drug-likeness (QED) is 0.639. The molecule has 5 heteroatoms. The molecular weight excluding hydrogens is 246 g/mol. The van der Waals surface area contributed by atoms with Crippen molar-refractivity contribution >= 4 is 17.7 Å². The Morgan fingerprint density at radius 2 is 2.17 bits per heavy atom. The lowest BCUT2D eigenvalue weighted by Crippen LogP contribution is -2.42. The van der Waals surface area contributed by atoms with Crippen LogP contribution in [0.3, 0.4) is 0 Å². The summed E-state index contributed by atoms with van der Waals surface area (Å²) in [6, 6.07) is 7.28. The average Bonchev–Trinajstić information content (AvgIpc) is 2.40. The molecule has 0 spiro atoms. The first-order valence-corrected chi connectivity index (χ1v) is 7.32. The van der Waals surface area contributed by atoms with Gasteiger partial charge in [0.15, 0.2) is 5.96 Å². The molecule has 2 rings (SSSR count). The molecule has 1 aromatic rings. The monoisotopic (exact) mass is 265 g/mol. The molecule has 0 aliphatic carbocycles. The minimum Gasteiger partial charge on any atom is -0.508 e. The smallest absolute Gasteiger partial charge is 0.191 e. The van der Waals surface area contributed by atoms with Gasteiger partial charge in [-0.1, -0.05) is 12.1 Å². The molecule has 4 nitrogen and oxygen atoms in total. The number of phenols is 1. The number of guanidine groups is 1. The van der Waals surface area contributed by atoms with E-state index in [0.29, 0.717) is 18.3 Å². The van der Waals surface area contributed by atoms with Gasteiger partial charge in [-0.3, -0.25) is 4.99 Å². The van der Waals surface area contributed by atoms with E-state index < -0.39 is 0 Å². The van der Waals surface area contributed by atoms with Crippen LogP contribution in [0.1, 0.15) is 5.56 Å². The minimum atomic E-state index is 0.303. The van der Waals surface area contributed by atoms with Gasteiger partial charge in [0, 0.05) is 31.1 Å². The van der Waals surface area contributed by atoms with Gasteiger partial charge in [0.1, 0.15) is 5.75 Å². The fourth-order valence-electron chi connectivity index (χ4n) is 1.90. The van der Waals surface area contributed by atoms with Crippen LogP contribution in [0.5, 0.6) is 5.75 Å². The van der Waals surface area contributed by atoms with Crippen molar-refractivity contribution in [1.82, 2.24) is 4.90 Å². The number of aromatic hydroxyl groups is 1. The SMILES string of the molecule is NC(=NCCc1cccc(O)c1)N1CCSCC1. The highest BCUT2D eigenvalue weighted by Gasteiger charge is 2.11. The van der Waals surface area contributed by atoms with Crippen molar-refractivity contribution in [2.75, 3.05) is 31.1 Å². The number of nitrogens with zero attached hydrogens (tertiary/aromatic N) is 2. The lowest BCUT2D eigenvalue weighted by atomic mass is 10.1. The van der Waals surface area contributed by atoms with Crippen LogP contribution in [0, 0.1) is 0 Å². The Kier molecular flexibility index (Phi) is 4.75. The Labute approximate surface area is 112 Å². The van der Waals surface area contributed by atoms with Gasteiger partial charge < -0.3 is 15.7 Å². The van der Waals surface area contributed by atoms with Crippen molar-refractivity contribution in [1.29, 1.82) is 0 Å². The predicted molar refractivity (Wildman–Crippen MR) is 77.2 cm³/mol. The minimum absolute atomic E-state index is 0.303. The van der Waals surface area contributed by atoms with E-state index in [2.05, 4.69) is 9.89 Å². The summed E-state index contributed by atoms with van der Waals surface area (Å²) < 4.78 is 0.